The number of methoxy groups -OCH3 is 2. The van der Waals surface area contributed by atoms with Gasteiger partial charge in [-0.05, 0) is 0 Å². The number of hydrogen-bond acceptors (Lipinski definition) is 8. The standard InChI is InChI=1S/C6H10O4S4/c1-9-5(7)13-11-3-4-12-14-6(8)10-2/h3-4H2,1-2H3. The van der Waals surface area contributed by atoms with Crippen LogP contribution in [0.2, 0.25) is 0 Å². The Morgan fingerprint density at radius 2 is 1.29 bits per heavy atom. The van der Waals surface area contributed by atoms with Gasteiger partial charge in [0.05, 0.1) is 14.2 Å². The lowest BCUT2D eigenvalue weighted by atomic mass is 11.0. The molecule has 0 radical (unpaired) electrons. The van der Waals surface area contributed by atoms with E-state index in [2.05, 4.69) is 9.47 Å². The molecule has 0 aliphatic rings. The van der Waals surface area contributed by atoms with Crippen molar-refractivity contribution >= 4 is 53.8 Å². The Bertz CT molecular complexity index is 167. The van der Waals surface area contributed by atoms with Gasteiger partial charge in [0.15, 0.2) is 0 Å². The highest BCUT2D eigenvalue weighted by molar-refractivity contribution is 8.83. The summed E-state index contributed by atoms with van der Waals surface area (Å²) in [6.45, 7) is 0. The summed E-state index contributed by atoms with van der Waals surface area (Å²) in [6, 6.07) is 0. The molecular weight excluding hydrogens is 264 g/mol. The third-order valence-corrected chi connectivity index (χ3v) is 5.20. The van der Waals surface area contributed by atoms with Gasteiger partial charge >= 0.3 is 10.6 Å². The van der Waals surface area contributed by atoms with Crippen molar-refractivity contribution < 1.29 is 19.1 Å². The molecule has 0 bridgehead atoms. The van der Waals surface area contributed by atoms with E-state index in [0.717, 1.165) is 33.1 Å². The summed E-state index contributed by atoms with van der Waals surface area (Å²) in [6.07, 6.45) is 0. The van der Waals surface area contributed by atoms with E-state index < -0.39 is 0 Å². The van der Waals surface area contributed by atoms with Crippen LogP contribution in [0.25, 0.3) is 0 Å². The maximum absolute atomic E-state index is 10.6. The molecule has 82 valence electrons. The Balaban J connectivity index is 3.14. The van der Waals surface area contributed by atoms with Crippen molar-refractivity contribution in [1.29, 1.82) is 0 Å². The van der Waals surface area contributed by atoms with E-state index in [9.17, 15) is 9.59 Å². The van der Waals surface area contributed by atoms with Gasteiger partial charge in [-0.3, -0.25) is 0 Å². The lowest BCUT2D eigenvalue weighted by Gasteiger charge is -1.98. The maximum Gasteiger partial charge on any atom is 0.377 e. The number of ether oxygens (including phenoxy) is 2. The minimum Gasteiger partial charge on any atom is -0.460 e. The molecule has 0 heterocycles. The van der Waals surface area contributed by atoms with Crippen molar-refractivity contribution in [2.75, 3.05) is 25.7 Å². The Hall–Kier alpha value is 0.340. The van der Waals surface area contributed by atoms with Crippen LogP contribution in [-0.4, -0.2) is 36.3 Å². The molecule has 0 aromatic carbocycles. The van der Waals surface area contributed by atoms with E-state index in [1.807, 2.05) is 0 Å². The van der Waals surface area contributed by atoms with Gasteiger partial charge in [-0.2, -0.15) is 0 Å². The van der Waals surface area contributed by atoms with Gasteiger partial charge in [0.1, 0.15) is 0 Å². The first-order chi connectivity index (χ1) is 6.70. The van der Waals surface area contributed by atoms with Crippen LogP contribution in [0.1, 0.15) is 0 Å². The minimum absolute atomic E-state index is 0.305. The zero-order chi connectivity index (χ0) is 10.8. The summed E-state index contributed by atoms with van der Waals surface area (Å²) in [5, 5.41) is -0.610. The minimum atomic E-state index is -0.305. The first kappa shape index (κ1) is 14.3. The highest BCUT2D eigenvalue weighted by Crippen LogP contribution is 2.28. The number of carbonyl (C=O) groups excluding carboxylic acids is 2. The quantitative estimate of drug-likeness (QED) is 0.430. The Labute approximate surface area is 98.4 Å². The molecule has 0 aromatic rings. The molecule has 0 atom stereocenters. The fourth-order valence-corrected chi connectivity index (χ4v) is 4.07. The molecule has 14 heavy (non-hydrogen) atoms. The smallest absolute Gasteiger partial charge is 0.377 e. The molecule has 0 aromatic heterocycles. The zero-order valence-corrected chi connectivity index (χ0v) is 10.9. The number of carbonyl (C=O) groups is 2. The molecule has 0 spiro atoms. The molecule has 0 fully saturated rings. The van der Waals surface area contributed by atoms with Gasteiger partial charge in [0, 0.05) is 33.1 Å². The predicted molar refractivity (Wildman–Crippen MR) is 64.9 cm³/mol. The molecule has 8 heteroatoms. The molecule has 4 nitrogen and oxygen atoms in total. The SMILES string of the molecule is COC(=O)SSCCSSC(=O)OC. The Morgan fingerprint density at radius 1 is 0.929 bits per heavy atom. The lowest BCUT2D eigenvalue weighted by Crippen LogP contribution is -1.90. The second-order valence-electron chi connectivity index (χ2n) is 1.72. The molecule has 0 aliphatic carbocycles. The Kier molecular flexibility index (Phi) is 10.1. The summed E-state index contributed by atoms with van der Waals surface area (Å²) >= 11 is 0. The highest BCUT2D eigenvalue weighted by atomic mass is 33.1. The van der Waals surface area contributed by atoms with Crippen LogP contribution < -0.4 is 0 Å². The molecular formula is C6H10O4S4. The fourth-order valence-electron chi connectivity index (χ4n) is 0.316. The van der Waals surface area contributed by atoms with Gasteiger partial charge < -0.3 is 9.47 Å². The first-order valence-corrected chi connectivity index (χ1v) is 8.09. The van der Waals surface area contributed by atoms with Crippen LogP contribution in [0.15, 0.2) is 0 Å². The predicted octanol–water partition coefficient (Wildman–Crippen LogP) is 3.28. The number of hydrogen-bond donors (Lipinski definition) is 0. The lowest BCUT2D eigenvalue weighted by molar-refractivity contribution is 0.200. The normalized spacial score (nSPS) is 9.57. The van der Waals surface area contributed by atoms with Crippen LogP contribution in [-0.2, 0) is 9.47 Å². The molecule has 0 aliphatic heterocycles. The molecule has 0 N–H and O–H groups in total. The van der Waals surface area contributed by atoms with Crippen molar-refractivity contribution in [3.05, 3.63) is 0 Å². The van der Waals surface area contributed by atoms with Crippen LogP contribution in [0.4, 0.5) is 9.59 Å². The van der Waals surface area contributed by atoms with E-state index in [0.29, 0.717) is 0 Å². The van der Waals surface area contributed by atoms with Gasteiger partial charge in [-0.25, -0.2) is 9.59 Å². The third-order valence-electron chi connectivity index (χ3n) is 0.837. The number of rotatable bonds is 5. The van der Waals surface area contributed by atoms with Crippen LogP contribution in [0, 0.1) is 0 Å². The summed E-state index contributed by atoms with van der Waals surface area (Å²) in [5.74, 6) is 1.54. The third kappa shape index (κ3) is 8.92. The van der Waals surface area contributed by atoms with Crippen LogP contribution in [0.5, 0.6) is 0 Å². The van der Waals surface area contributed by atoms with Crippen molar-refractivity contribution in [3.63, 3.8) is 0 Å². The van der Waals surface area contributed by atoms with Crippen LogP contribution in [0.3, 0.4) is 0 Å². The van der Waals surface area contributed by atoms with Crippen molar-refractivity contribution in [2.24, 2.45) is 0 Å². The second-order valence-corrected chi connectivity index (χ2v) is 6.42. The fraction of sp³-hybridized carbons (Fsp3) is 0.667. The second kappa shape index (κ2) is 9.88. The van der Waals surface area contributed by atoms with E-state index in [1.165, 1.54) is 35.8 Å². The molecule has 0 saturated heterocycles. The maximum atomic E-state index is 10.6. The monoisotopic (exact) mass is 274 g/mol. The van der Waals surface area contributed by atoms with Crippen LogP contribution >= 0.6 is 43.2 Å². The average molecular weight is 274 g/mol. The summed E-state index contributed by atoms with van der Waals surface area (Å²) in [7, 11) is 7.61. The van der Waals surface area contributed by atoms with Crippen molar-refractivity contribution in [1.82, 2.24) is 0 Å². The average Bonchev–Trinajstić information content (AvgIpc) is 2.22. The Morgan fingerprint density at radius 3 is 1.57 bits per heavy atom. The molecule has 0 rings (SSSR count). The van der Waals surface area contributed by atoms with Crippen molar-refractivity contribution in [2.45, 2.75) is 0 Å². The topological polar surface area (TPSA) is 52.6 Å². The zero-order valence-electron chi connectivity index (χ0n) is 7.68. The van der Waals surface area contributed by atoms with E-state index in [1.54, 1.807) is 0 Å². The molecule has 0 saturated carbocycles. The van der Waals surface area contributed by atoms with E-state index in [-0.39, 0.29) is 10.6 Å². The summed E-state index contributed by atoms with van der Waals surface area (Å²) in [4.78, 5) is 21.3. The highest BCUT2D eigenvalue weighted by Gasteiger charge is 2.03. The van der Waals surface area contributed by atoms with E-state index >= 15 is 0 Å². The van der Waals surface area contributed by atoms with Gasteiger partial charge in [-0.15, -0.1) is 0 Å². The van der Waals surface area contributed by atoms with Gasteiger partial charge in [0.2, 0.25) is 0 Å². The summed E-state index contributed by atoms with van der Waals surface area (Å²) < 4.78 is 8.86. The van der Waals surface area contributed by atoms with Gasteiger partial charge in [-0.1, -0.05) is 21.6 Å². The summed E-state index contributed by atoms with van der Waals surface area (Å²) in [5.41, 5.74) is 0. The molecule has 0 amide bonds. The molecule has 0 unspecified atom stereocenters. The largest absolute Gasteiger partial charge is 0.460 e. The van der Waals surface area contributed by atoms with Gasteiger partial charge in [0.25, 0.3) is 0 Å². The van der Waals surface area contributed by atoms with Crippen molar-refractivity contribution in [3.8, 4) is 0 Å². The first-order valence-electron chi connectivity index (χ1n) is 3.45. The van der Waals surface area contributed by atoms with E-state index in [4.69, 9.17) is 0 Å².